The van der Waals surface area contributed by atoms with Gasteiger partial charge in [-0.15, -0.1) is 22.7 Å². The van der Waals surface area contributed by atoms with E-state index in [1.54, 1.807) is 6.07 Å². The Morgan fingerprint density at radius 1 is 1.28 bits per heavy atom. The van der Waals surface area contributed by atoms with Crippen molar-refractivity contribution < 1.29 is 21.6 Å². The molecule has 0 amide bonds. The average molecular weight is 407 g/mol. The van der Waals surface area contributed by atoms with Gasteiger partial charge in [-0.1, -0.05) is 6.07 Å². The van der Waals surface area contributed by atoms with Gasteiger partial charge >= 0.3 is 6.18 Å². The van der Waals surface area contributed by atoms with Gasteiger partial charge in [-0.3, -0.25) is 4.68 Å². The molecule has 0 aliphatic heterocycles. The van der Waals surface area contributed by atoms with Gasteiger partial charge in [0.05, 0.1) is 4.88 Å². The van der Waals surface area contributed by atoms with Crippen LogP contribution in [0.5, 0.6) is 0 Å². The first kappa shape index (κ1) is 18.1. The van der Waals surface area contributed by atoms with Gasteiger partial charge < -0.3 is 0 Å². The van der Waals surface area contributed by atoms with Gasteiger partial charge in [0.15, 0.2) is 0 Å². The van der Waals surface area contributed by atoms with Crippen LogP contribution in [0.4, 0.5) is 13.2 Å². The first-order chi connectivity index (χ1) is 11.7. The predicted molar refractivity (Wildman–Crippen MR) is 89.9 cm³/mol. The largest absolute Gasteiger partial charge is 0.433 e. The number of sulfonamides is 1. The van der Waals surface area contributed by atoms with Crippen LogP contribution in [0.3, 0.4) is 0 Å². The Bertz CT molecular complexity index is 973. The van der Waals surface area contributed by atoms with Gasteiger partial charge in [0.1, 0.15) is 15.6 Å². The van der Waals surface area contributed by atoms with Crippen LogP contribution in [0.15, 0.2) is 39.9 Å². The second-order valence-corrected chi connectivity index (χ2v) is 9.17. The zero-order chi connectivity index (χ0) is 18.2. The summed E-state index contributed by atoms with van der Waals surface area (Å²) in [7, 11) is -2.54. The van der Waals surface area contributed by atoms with Crippen LogP contribution in [0, 0.1) is 0 Å². The fourth-order valence-electron chi connectivity index (χ4n) is 2.11. The Balaban J connectivity index is 1.82. The fraction of sp³-hybridized carbons (Fsp3) is 0.214. The second kappa shape index (κ2) is 6.56. The molecule has 0 unspecified atom stereocenters. The molecule has 25 heavy (non-hydrogen) atoms. The van der Waals surface area contributed by atoms with Crippen LogP contribution < -0.4 is 4.72 Å². The summed E-state index contributed by atoms with van der Waals surface area (Å²) in [5, 5.41) is 5.66. The lowest BCUT2D eigenvalue weighted by Crippen LogP contribution is -2.21. The van der Waals surface area contributed by atoms with Gasteiger partial charge in [-0.2, -0.15) is 18.3 Å². The number of alkyl halides is 3. The molecule has 0 atom stereocenters. The van der Waals surface area contributed by atoms with Crippen LogP contribution in [0.2, 0.25) is 0 Å². The molecule has 3 aromatic heterocycles. The van der Waals surface area contributed by atoms with Crippen molar-refractivity contribution in [3.05, 3.63) is 46.3 Å². The standard InChI is InChI=1S/C14H12F3N3O2S3/c1-20-12(14(15,16)17)7-10(19-20)11-4-5-13(24-11)25(21,22)18-8-9-3-2-6-23-9/h2-7,18H,8H2,1H3. The van der Waals surface area contributed by atoms with E-state index in [1.165, 1.54) is 30.5 Å². The number of rotatable bonds is 5. The lowest BCUT2D eigenvalue weighted by molar-refractivity contribution is -0.143. The molecule has 1 N–H and O–H groups in total. The SMILES string of the molecule is Cn1nc(-c2ccc(S(=O)(=O)NCc3cccs3)s2)cc1C(F)(F)F. The Morgan fingerprint density at radius 2 is 2.04 bits per heavy atom. The topological polar surface area (TPSA) is 64.0 Å². The molecule has 0 fully saturated rings. The van der Waals surface area contributed by atoms with Crippen molar-refractivity contribution in [2.75, 3.05) is 0 Å². The van der Waals surface area contributed by atoms with E-state index in [9.17, 15) is 21.6 Å². The molecule has 0 aliphatic carbocycles. The highest BCUT2D eigenvalue weighted by Gasteiger charge is 2.35. The number of nitrogens with zero attached hydrogens (tertiary/aromatic N) is 2. The molecule has 0 saturated carbocycles. The number of nitrogens with one attached hydrogen (secondary N) is 1. The van der Waals surface area contributed by atoms with Crippen molar-refractivity contribution in [3.63, 3.8) is 0 Å². The third-order valence-corrected chi connectivity index (χ3v) is 7.16. The van der Waals surface area contributed by atoms with Crippen LogP contribution in [0.25, 0.3) is 10.6 Å². The quantitative estimate of drug-likeness (QED) is 0.701. The number of aryl methyl sites for hydroxylation is 1. The zero-order valence-corrected chi connectivity index (χ0v) is 15.2. The highest BCUT2D eigenvalue weighted by atomic mass is 32.2. The number of hydrogen-bond donors (Lipinski definition) is 1. The van der Waals surface area contributed by atoms with Gasteiger partial charge in [0, 0.05) is 18.5 Å². The number of hydrogen-bond acceptors (Lipinski definition) is 5. The van der Waals surface area contributed by atoms with Gasteiger partial charge in [-0.25, -0.2) is 13.1 Å². The molecule has 3 rings (SSSR count). The minimum atomic E-state index is -4.52. The van der Waals surface area contributed by atoms with Gasteiger partial charge in [-0.05, 0) is 29.6 Å². The van der Waals surface area contributed by atoms with Crippen LogP contribution in [-0.4, -0.2) is 18.2 Å². The minimum absolute atomic E-state index is 0.0262. The molecule has 0 bridgehead atoms. The average Bonchev–Trinajstić information content (AvgIpc) is 3.24. The molecule has 0 radical (unpaired) electrons. The molecule has 0 spiro atoms. The maximum Gasteiger partial charge on any atom is 0.433 e. The van der Waals surface area contributed by atoms with Crippen molar-refractivity contribution >= 4 is 32.7 Å². The van der Waals surface area contributed by atoms with Crippen LogP contribution >= 0.6 is 22.7 Å². The first-order valence-corrected chi connectivity index (χ1v) is 10.1. The maximum atomic E-state index is 12.8. The number of thiophene rings is 2. The Labute approximate surface area is 149 Å². The van der Waals surface area contributed by atoms with Crippen LogP contribution in [-0.2, 0) is 29.8 Å². The maximum absolute atomic E-state index is 12.8. The lowest BCUT2D eigenvalue weighted by atomic mass is 10.3. The Morgan fingerprint density at radius 3 is 2.64 bits per heavy atom. The van der Waals surface area contributed by atoms with E-state index in [1.807, 2.05) is 11.4 Å². The van der Waals surface area contributed by atoms with E-state index in [2.05, 4.69) is 9.82 Å². The van der Waals surface area contributed by atoms with Crippen LogP contribution in [0.1, 0.15) is 10.6 Å². The van der Waals surface area contributed by atoms with Crippen molar-refractivity contribution in [1.29, 1.82) is 0 Å². The summed E-state index contributed by atoms with van der Waals surface area (Å²) in [5.41, 5.74) is -0.810. The molecule has 3 aromatic rings. The summed E-state index contributed by atoms with van der Waals surface area (Å²) in [6.07, 6.45) is -4.52. The number of aromatic nitrogens is 2. The molecule has 0 saturated heterocycles. The molecule has 11 heteroatoms. The molecule has 134 valence electrons. The summed E-state index contributed by atoms with van der Waals surface area (Å²) < 4.78 is 66.4. The molecule has 5 nitrogen and oxygen atoms in total. The fourth-order valence-corrected chi connectivity index (χ4v) is 5.15. The summed E-state index contributed by atoms with van der Waals surface area (Å²) in [5.74, 6) is 0. The minimum Gasteiger partial charge on any atom is -0.263 e. The normalized spacial score (nSPS) is 12.6. The van der Waals surface area contributed by atoms with E-state index in [0.717, 1.165) is 27.0 Å². The van der Waals surface area contributed by atoms with Gasteiger partial charge in [0.2, 0.25) is 10.0 Å². The zero-order valence-electron chi connectivity index (χ0n) is 12.7. The first-order valence-electron chi connectivity index (χ1n) is 6.90. The Kier molecular flexibility index (Phi) is 4.75. The molecule has 0 aromatic carbocycles. The second-order valence-electron chi connectivity index (χ2n) is 5.06. The monoisotopic (exact) mass is 407 g/mol. The highest BCUT2D eigenvalue weighted by Crippen LogP contribution is 2.35. The van der Waals surface area contributed by atoms with Crippen molar-refractivity contribution in [1.82, 2.24) is 14.5 Å². The smallest absolute Gasteiger partial charge is 0.263 e. The van der Waals surface area contributed by atoms with E-state index >= 15 is 0 Å². The molecular formula is C14H12F3N3O2S3. The predicted octanol–water partition coefficient (Wildman–Crippen LogP) is 3.71. The van der Waals surface area contributed by atoms with E-state index in [-0.39, 0.29) is 16.4 Å². The highest BCUT2D eigenvalue weighted by molar-refractivity contribution is 7.91. The lowest BCUT2D eigenvalue weighted by Gasteiger charge is -2.04. The van der Waals surface area contributed by atoms with Gasteiger partial charge in [0.25, 0.3) is 0 Å². The van der Waals surface area contributed by atoms with Crippen molar-refractivity contribution in [3.8, 4) is 10.6 Å². The summed E-state index contributed by atoms with van der Waals surface area (Å²) in [6, 6.07) is 7.34. The van der Waals surface area contributed by atoms with Crippen molar-refractivity contribution in [2.24, 2.45) is 7.05 Å². The molecular weight excluding hydrogens is 395 g/mol. The summed E-state index contributed by atoms with van der Waals surface area (Å²) in [4.78, 5) is 1.21. The van der Waals surface area contributed by atoms with E-state index in [4.69, 9.17) is 0 Å². The summed E-state index contributed by atoms with van der Waals surface area (Å²) >= 11 is 2.30. The molecule has 0 aliphatic rings. The van der Waals surface area contributed by atoms with E-state index in [0.29, 0.717) is 4.88 Å². The Hall–Kier alpha value is -1.69. The van der Waals surface area contributed by atoms with Crippen molar-refractivity contribution in [2.45, 2.75) is 16.9 Å². The van der Waals surface area contributed by atoms with E-state index < -0.39 is 21.9 Å². The molecule has 3 heterocycles. The summed E-state index contributed by atoms with van der Waals surface area (Å²) in [6.45, 7) is 0.162. The third kappa shape index (κ3) is 3.94. The number of halogens is 3. The third-order valence-electron chi connectivity index (χ3n) is 3.29.